The fraction of sp³-hybridized carbons (Fsp3) is 0.0952. The smallest absolute Gasteiger partial charge is 0.0542 e. The van der Waals surface area contributed by atoms with Gasteiger partial charge in [0.15, 0.2) is 0 Å². The minimum absolute atomic E-state index is 0.938. The molecule has 2 heteroatoms. The number of nitrogens with zero attached hydrogens (tertiary/aromatic N) is 2. The van der Waals surface area contributed by atoms with Gasteiger partial charge in [-0.1, -0.05) is 98.5 Å². The molecule has 0 aliphatic heterocycles. The third-order valence-corrected chi connectivity index (χ3v) is 8.70. The average molecular weight is 569 g/mol. The quantitative estimate of drug-likeness (QED) is 0.181. The van der Waals surface area contributed by atoms with Gasteiger partial charge in [0.1, 0.15) is 0 Å². The van der Waals surface area contributed by atoms with Crippen LogP contribution in [0.1, 0.15) is 43.3 Å². The Morgan fingerprint density at radius 3 is 2.09 bits per heavy atom. The lowest BCUT2D eigenvalue weighted by Crippen LogP contribution is -2.00. The molecule has 0 radical (unpaired) electrons. The van der Waals surface area contributed by atoms with Crippen molar-refractivity contribution in [3.05, 3.63) is 150 Å². The second-order valence-corrected chi connectivity index (χ2v) is 11.2. The van der Waals surface area contributed by atoms with Crippen LogP contribution in [0.3, 0.4) is 0 Å². The van der Waals surface area contributed by atoms with Gasteiger partial charge >= 0.3 is 0 Å². The van der Waals surface area contributed by atoms with Gasteiger partial charge in [0, 0.05) is 33.4 Å². The van der Waals surface area contributed by atoms with Crippen molar-refractivity contribution in [2.75, 3.05) is 0 Å². The Kier molecular flexibility index (Phi) is 7.12. The minimum Gasteiger partial charge on any atom is -0.310 e. The highest BCUT2D eigenvalue weighted by molar-refractivity contribution is 6.10. The average Bonchev–Trinajstić information content (AvgIpc) is 3.56. The van der Waals surface area contributed by atoms with E-state index in [-0.39, 0.29) is 0 Å². The number of hydrogen-bond acceptors (Lipinski definition) is 0. The van der Waals surface area contributed by atoms with Crippen molar-refractivity contribution >= 4 is 50.8 Å². The van der Waals surface area contributed by atoms with Crippen LogP contribution >= 0.6 is 0 Å². The summed E-state index contributed by atoms with van der Waals surface area (Å²) < 4.78 is 4.79. The van der Waals surface area contributed by atoms with E-state index >= 15 is 0 Å². The van der Waals surface area contributed by atoms with Crippen molar-refractivity contribution in [2.24, 2.45) is 0 Å². The van der Waals surface area contributed by atoms with Crippen LogP contribution in [-0.2, 0) is 6.42 Å². The van der Waals surface area contributed by atoms with Crippen LogP contribution in [0.25, 0.3) is 73.3 Å². The van der Waals surface area contributed by atoms with E-state index in [4.69, 9.17) is 0 Å². The third kappa shape index (κ3) is 4.42. The van der Waals surface area contributed by atoms with Crippen molar-refractivity contribution < 1.29 is 0 Å². The topological polar surface area (TPSA) is 9.86 Å². The Morgan fingerprint density at radius 2 is 1.30 bits per heavy atom. The molecule has 0 amide bonds. The van der Waals surface area contributed by atoms with Crippen LogP contribution in [-0.4, -0.2) is 9.13 Å². The predicted octanol–water partition coefficient (Wildman–Crippen LogP) is 11.7. The highest BCUT2D eigenvalue weighted by atomic mass is 15.0. The third-order valence-electron chi connectivity index (χ3n) is 8.70. The van der Waals surface area contributed by atoms with Crippen LogP contribution in [0.15, 0.2) is 128 Å². The Bertz CT molecular complexity index is 2250. The zero-order chi connectivity index (χ0) is 30.2. The van der Waals surface area contributed by atoms with E-state index in [1.807, 2.05) is 6.08 Å². The van der Waals surface area contributed by atoms with Crippen LogP contribution in [0.5, 0.6) is 0 Å². The summed E-state index contributed by atoms with van der Waals surface area (Å²) in [4.78, 5) is 0. The van der Waals surface area contributed by atoms with Gasteiger partial charge in [-0.15, -0.1) is 0 Å². The zero-order valence-electron chi connectivity index (χ0n) is 25.6. The molecule has 0 spiro atoms. The summed E-state index contributed by atoms with van der Waals surface area (Å²) in [6, 6.07) is 39.8. The van der Waals surface area contributed by atoms with Gasteiger partial charge in [0.25, 0.3) is 0 Å². The highest BCUT2D eigenvalue weighted by Gasteiger charge is 2.20. The zero-order valence-corrected chi connectivity index (χ0v) is 25.6. The number of para-hydroxylation sites is 1. The first kappa shape index (κ1) is 27.5. The summed E-state index contributed by atoms with van der Waals surface area (Å²) in [7, 11) is 0. The maximum absolute atomic E-state index is 4.19. The summed E-state index contributed by atoms with van der Waals surface area (Å²) in [5.41, 5.74) is 12.0. The number of benzene rings is 5. The molecule has 2 heterocycles. The van der Waals surface area contributed by atoms with E-state index in [1.54, 1.807) is 0 Å². The predicted molar refractivity (Wildman–Crippen MR) is 192 cm³/mol. The van der Waals surface area contributed by atoms with Crippen molar-refractivity contribution in [1.82, 2.24) is 9.13 Å². The van der Waals surface area contributed by atoms with E-state index in [0.717, 1.165) is 17.8 Å². The molecule has 0 fully saturated rings. The monoisotopic (exact) mass is 568 g/mol. The molecule has 0 saturated heterocycles. The highest BCUT2D eigenvalue weighted by Crippen LogP contribution is 2.37. The van der Waals surface area contributed by atoms with Crippen molar-refractivity contribution in [1.29, 1.82) is 0 Å². The lowest BCUT2D eigenvalue weighted by atomic mass is 10.0. The molecule has 0 saturated carbocycles. The molecule has 0 unspecified atom stereocenters. The molecule has 214 valence electrons. The first-order valence-electron chi connectivity index (χ1n) is 15.5. The fourth-order valence-electron chi connectivity index (χ4n) is 6.78. The molecule has 0 bridgehead atoms. The Balaban J connectivity index is 1.45. The largest absolute Gasteiger partial charge is 0.310 e. The maximum Gasteiger partial charge on any atom is 0.0542 e. The van der Waals surface area contributed by atoms with Crippen molar-refractivity contribution in [3.63, 3.8) is 0 Å². The number of allylic oxidation sites excluding steroid dienone is 2. The van der Waals surface area contributed by atoms with Gasteiger partial charge in [-0.2, -0.15) is 0 Å². The lowest BCUT2D eigenvalue weighted by Gasteiger charge is -2.13. The van der Waals surface area contributed by atoms with Gasteiger partial charge < -0.3 is 9.13 Å². The molecule has 0 atom stereocenters. The SMILES string of the molecule is C=Cc1c(CC)c(/C=C\C)n(-c2ccc3c(c2)c2ccccc2n3-c2cccc(-c3ccc4ccccc4c3)c2)c1/C=C\C. The summed E-state index contributed by atoms with van der Waals surface area (Å²) in [5, 5.41) is 4.99. The standard InChI is InChI=1S/C42H36N2/c1-5-14-39-35(7-3)36(8-4)40(15-6-2)44(39)34-24-25-42-38(28-34)37-20-11-12-21-41(37)43(42)33-19-13-18-31(27-33)32-23-22-29-16-9-10-17-30(29)26-32/h5-7,9-28H,3,8H2,1-2,4H3/b14-5-,15-6-. The molecule has 5 aromatic carbocycles. The van der Waals surface area contributed by atoms with E-state index in [9.17, 15) is 0 Å². The van der Waals surface area contributed by atoms with Crippen LogP contribution < -0.4 is 0 Å². The van der Waals surface area contributed by atoms with Gasteiger partial charge in [0.2, 0.25) is 0 Å². The molecule has 2 nitrogen and oxygen atoms in total. The molecular formula is C42H36N2. The van der Waals surface area contributed by atoms with Crippen molar-refractivity contribution in [2.45, 2.75) is 27.2 Å². The molecular weight excluding hydrogens is 532 g/mol. The number of fused-ring (bicyclic) bond motifs is 4. The Hall–Kier alpha value is -5.34. The normalized spacial score (nSPS) is 12.0. The van der Waals surface area contributed by atoms with E-state index in [0.29, 0.717) is 0 Å². The second-order valence-electron chi connectivity index (χ2n) is 11.2. The lowest BCUT2D eigenvalue weighted by molar-refractivity contribution is 1.02. The number of aromatic nitrogens is 2. The van der Waals surface area contributed by atoms with Crippen molar-refractivity contribution in [3.8, 4) is 22.5 Å². The van der Waals surface area contributed by atoms with Gasteiger partial charge in [-0.25, -0.2) is 0 Å². The fourth-order valence-corrected chi connectivity index (χ4v) is 6.78. The Labute approximate surface area is 259 Å². The Morgan fingerprint density at radius 1 is 0.591 bits per heavy atom. The summed E-state index contributed by atoms with van der Waals surface area (Å²) in [6.07, 6.45) is 11.6. The summed E-state index contributed by atoms with van der Waals surface area (Å²) in [6.45, 7) is 10.6. The summed E-state index contributed by atoms with van der Waals surface area (Å²) >= 11 is 0. The van der Waals surface area contributed by atoms with Gasteiger partial charge in [0.05, 0.1) is 16.7 Å². The molecule has 2 aromatic heterocycles. The molecule has 0 N–H and O–H groups in total. The second kappa shape index (κ2) is 11.4. The van der Waals surface area contributed by atoms with E-state index in [2.05, 4.69) is 170 Å². The van der Waals surface area contributed by atoms with Crippen LogP contribution in [0, 0.1) is 0 Å². The first-order chi connectivity index (χ1) is 21.7. The first-order valence-corrected chi connectivity index (χ1v) is 15.5. The molecule has 7 rings (SSSR count). The number of rotatable bonds is 7. The molecule has 0 aliphatic carbocycles. The van der Waals surface area contributed by atoms with Gasteiger partial charge in [-0.05, 0) is 102 Å². The van der Waals surface area contributed by atoms with E-state index < -0.39 is 0 Å². The van der Waals surface area contributed by atoms with Gasteiger partial charge in [-0.3, -0.25) is 0 Å². The van der Waals surface area contributed by atoms with Crippen LogP contribution in [0.2, 0.25) is 0 Å². The number of hydrogen-bond donors (Lipinski definition) is 0. The molecule has 44 heavy (non-hydrogen) atoms. The van der Waals surface area contributed by atoms with E-state index in [1.165, 1.54) is 66.2 Å². The molecule has 7 aromatic rings. The summed E-state index contributed by atoms with van der Waals surface area (Å²) in [5.74, 6) is 0. The van der Waals surface area contributed by atoms with Crippen LogP contribution in [0.4, 0.5) is 0 Å². The molecule has 0 aliphatic rings. The minimum atomic E-state index is 0.938. The maximum atomic E-state index is 4.19.